The highest BCUT2D eigenvalue weighted by atomic mass is 19.3. The summed E-state index contributed by atoms with van der Waals surface area (Å²) in [5, 5.41) is 0. The van der Waals surface area contributed by atoms with Gasteiger partial charge < -0.3 is 4.74 Å². The maximum Gasteiger partial charge on any atom is 0.330 e. The van der Waals surface area contributed by atoms with Crippen molar-refractivity contribution in [3.05, 3.63) is 11.6 Å². The molecule has 0 saturated heterocycles. The summed E-state index contributed by atoms with van der Waals surface area (Å²) in [6, 6.07) is 0. The Kier molecular flexibility index (Phi) is 6.06. The van der Waals surface area contributed by atoms with Gasteiger partial charge in [-0.2, -0.15) is 0 Å². The van der Waals surface area contributed by atoms with Crippen molar-refractivity contribution in [2.24, 2.45) is 0 Å². The molecule has 94 valence electrons. The van der Waals surface area contributed by atoms with Crippen LogP contribution in [0.3, 0.4) is 0 Å². The molecular weight excluding hydrogens is 228 g/mol. The first-order valence-corrected chi connectivity index (χ1v) is 4.79. The van der Waals surface area contributed by atoms with E-state index < -0.39 is 24.7 Å². The van der Waals surface area contributed by atoms with Crippen LogP contribution in [0.1, 0.15) is 26.7 Å². The SMILES string of the molecule is CCOC(=O)C=C(C)CCC(F)(F)C(F)F. The maximum atomic E-state index is 12.5. The lowest BCUT2D eigenvalue weighted by Crippen LogP contribution is -2.26. The van der Waals surface area contributed by atoms with Crippen LogP contribution in [0.5, 0.6) is 0 Å². The van der Waals surface area contributed by atoms with Crippen LogP contribution < -0.4 is 0 Å². The standard InChI is InChI=1S/C10H14F4O2/c1-3-16-8(15)6-7(2)4-5-10(13,14)9(11)12/h6,9H,3-5H2,1-2H3. The molecule has 0 spiro atoms. The Labute approximate surface area is 91.3 Å². The number of carbonyl (C=O) groups is 1. The van der Waals surface area contributed by atoms with E-state index in [1.807, 2.05) is 0 Å². The van der Waals surface area contributed by atoms with Crippen molar-refractivity contribution >= 4 is 5.97 Å². The largest absolute Gasteiger partial charge is 0.463 e. The minimum absolute atomic E-state index is 0.176. The Morgan fingerprint density at radius 2 is 2.00 bits per heavy atom. The van der Waals surface area contributed by atoms with Crippen LogP contribution in [0.4, 0.5) is 17.6 Å². The summed E-state index contributed by atoms with van der Waals surface area (Å²) in [4.78, 5) is 10.9. The lowest BCUT2D eigenvalue weighted by atomic mass is 10.1. The van der Waals surface area contributed by atoms with E-state index in [2.05, 4.69) is 4.74 Å². The molecule has 0 fully saturated rings. The minimum atomic E-state index is -4.01. The Morgan fingerprint density at radius 3 is 2.44 bits per heavy atom. The molecule has 0 amide bonds. The Balaban J connectivity index is 4.16. The van der Waals surface area contributed by atoms with Crippen LogP contribution in [-0.2, 0) is 9.53 Å². The molecule has 6 heteroatoms. The fourth-order valence-electron chi connectivity index (χ4n) is 0.930. The highest BCUT2D eigenvalue weighted by Gasteiger charge is 2.39. The van der Waals surface area contributed by atoms with Crippen LogP contribution in [0.2, 0.25) is 0 Å². The van der Waals surface area contributed by atoms with Gasteiger partial charge in [-0.1, -0.05) is 5.57 Å². The number of allylic oxidation sites excluding steroid dienone is 1. The third-order valence-corrected chi connectivity index (χ3v) is 1.82. The molecule has 0 bridgehead atoms. The molecule has 0 rings (SSSR count). The van der Waals surface area contributed by atoms with Gasteiger partial charge in [0.2, 0.25) is 0 Å². The van der Waals surface area contributed by atoms with Gasteiger partial charge in [-0.3, -0.25) is 0 Å². The van der Waals surface area contributed by atoms with Crippen molar-refractivity contribution in [2.45, 2.75) is 39.0 Å². The van der Waals surface area contributed by atoms with E-state index in [1.54, 1.807) is 6.92 Å². The van der Waals surface area contributed by atoms with Gasteiger partial charge in [0.25, 0.3) is 0 Å². The van der Waals surface area contributed by atoms with Gasteiger partial charge in [-0.25, -0.2) is 22.4 Å². The van der Waals surface area contributed by atoms with Gasteiger partial charge in [0, 0.05) is 12.5 Å². The summed E-state index contributed by atoms with van der Waals surface area (Å²) in [7, 11) is 0. The Hall–Kier alpha value is -1.07. The van der Waals surface area contributed by atoms with E-state index >= 15 is 0 Å². The number of ether oxygens (including phenoxy) is 1. The summed E-state index contributed by atoms with van der Waals surface area (Å²) in [6.07, 6.45) is -3.89. The second-order valence-corrected chi connectivity index (χ2v) is 3.30. The first kappa shape index (κ1) is 14.9. The fourth-order valence-corrected chi connectivity index (χ4v) is 0.930. The molecule has 16 heavy (non-hydrogen) atoms. The summed E-state index contributed by atoms with van der Waals surface area (Å²) in [5.41, 5.74) is 0.291. The summed E-state index contributed by atoms with van der Waals surface area (Å²) in [6.45, 7) is 3.19. The highest BCUT2D eigenvalue weighted by Crippen LogP contribution is 2.29. The zero-order chi connectivity index (χ0) is 12.8. The number of halogens is 4. The number of hydrogen-bond acceptors (Lipinski definition) is 2. The van der Waals surface area contributed by atoms with Gasteiger partial charge in [-0.05, 0) is 20.3 Å². The first-order valence-electron chi connectivity index (χ1n) is 4.79. The van der Waals surface area contributed by atoms with Crippen molar-refractivity contribution < 1.29 is 27.1 Å². The van der Waals surface area contributed by atoms with Gasteiger partial charge in [0.05, 0.1) is 6.61 Å². The van der Waals surface area contributed by atoms with Crippen LogP contribution in [-0.4, -0.2) is 24.9 Å². The topological polar surface area (TPSA) is 26.3 Å². The van der Waals surface area contributed by atoms with E-state index in [0.29, 0.717) is 5.57 Å². The quantitative estimate of drug-likeness (QED) is 0.406. The molecule has 0 N–H and O–H groups in total. The molecule has 0 heterocycles. The Morgan fingerprint density at radius 1 is 1.44 bits per heavy atom. The second kappa shape index (κ2) is 6.50. The number of rotatable bonds is 6. The van der Waals surface area contributed by atoms with Crippen molar-refractivity contribution in [1.29, 1.82) is 0 Å². The van der Waals surface area contributed by atoms with Gasteiger partial charge >= 0.3 is 18.3 Å². The molecule has 0 aliphatic rings. The number of alkyl halides is 4. The van der Waals surface area contributed by atoms with Crippen molar-refractivity contribution in [1.82, 2.24) is 0 Å². The van der Waals surface area contributed by atoms with Crippen LogP contribution in [0, 0.1) is 0 Å². The predicted octanol–water partition coefficient (Wildman–Crippen LogP) is 3.18. The lowest BCUT2D eigenvalue weighted by Gasteiger charge is -2.14. The maximum absolute atomic E-state index is 12.5. The smallest absolute Gasteiger partial charge is 0.330 e. The normalized spacial score (nSPS) is 13.1. The molecule has 0 unspecified atom stereocenters. The second-order valence-electron chi connectivity index (χ2n) is 3.30. The Bertz CT molecular complexity index is 262. The lowest BCUT2D eigenvalue weighted by molar-refractivity contribution is -0.137. The summed E-state index contributed by atoms with van der Waals surface area (Å²) < 4.78 is 53.1. The van der Waals surface area contributed by atoms with E-state index in [-0.39, 0.29) is 13.0 Å². The third kappa shape index (κ3) is 5.72. The van der Waals surface area contributed by atoms with Crippen LogP contribution >= 0.6 is 0 Å². The molecule has 0 saturated carbocycles. The molecule has 0 aromatic rings. The van der Waals surface area contributed by atoms with Crippen LogP contribution in [0.25, 0.3) is 0 Å². The van der Waals surface area contributed by atoms with Crippen molar-refractivity contribution in [3.63, 3.8) is 0 Å². The zero-order valence-electron chi connectivity index (χ0n) is 9.10. The molecule has 2 nitrogen and oxygen atoms in total. The minimum Gasteiger partial charge on any atom is -0.463 e. The summed E-state index contributed by atoms with van der Waals surface area (Å²) >= 11 is 0. The highest BCUT2D eigenvalue weighted by molar-refractivity contribution is 5.82. The van der Waals surface area contributed by atoms with E-state index in [1.165, 1.54) is 6.92 Å². The molecule has 0 aromatic heterocycles. The van der Waals surface area contributed by atoms with Crippen LogP contribution in [0.15, 0.2) is 11.6 Å². The average Bonchev–Trinajstić information content (AvgIpc) is 2.15. The van der Waals surface area contributed by atoms with E-state index in [9.17, 15) is 22.4 Å². The monoisotopic (exact) mass is 242 g/mol. The van der Waals surface area contributed by atoms with E-state index in [4.69, 9.17) is 0 Å². The van der Waals surface area contributed by atoms with Crippen molar-refractivity contribution in [2.75, 3.05) is 6.61 Å². The van der Waals surface area contributed by atoms with E-state index in [0.717, 1.165) is 6.08 Å². The van der Waals surface area contributed by atoms with Crippen molar-refractivity contribution in [3.8, 4) is 0 Å². The molecule has 0 aromatic carbocycles. The average molecular weight is 242 g/mol. The predicted molar refractivity (Wildman–Crippen MR) is 50.6 cm³/mol. The molecule has 0 aliphatic carbocycles. The molecule has 0 radical (unpaired) electrons. The van der Waals surface area contributed by atoms with Gasteiger partial charge in [-0.15, -0.1) is 0 Å². The number of carbonyl (C=O) groups excluding carboxylic acids is 1. The number of esters is 1. The molecule has 0 aliphatic heterocycles. The first-order chi connectivity index (χ1) is 7.29. The zero-order valence-corrected chi connectivity index (χ0v) is 9.10. The number of hydrogen-bond donors (Lipinski definition) is 0. The molecular formula is C10H14F4O2. The van der Waals surface area contributed by atoms with Gasteiger partial charge in [0.1, 0.15) is 0 Å². The fraction of sp³-hybridized carbons (Fsp3) is 0.700. The molecule has 0 atom stereocenters. The third-order valence-electron chi connectivity index (χ3n) is 1.82. The summed E-state index contributed by atoms with van der Waals surface area (Å²) in [5.74, 6) is -4.66. The van der Waals surface area contributed by atoms with Gasteiger partial charge in [0.15, 0.2) is 0 Å².